The van der Waals surface area contributed by atoms with Gasteiger partial charge < -0.3 is 5.73 Å². The third kappa shape index (κ3) is 3.45. The molecule has 0 radical (unpaired) electrons. The number of nitrogens with two attached hydrogens (primary N) is 1. The van der Waals surface area contributed by atoms with Crippen LogP contribution in [0.1, 0.15) is 5.56 Å². The predicted molar refractivity (Wildman–Crippen MR) is 74.4 cm³/mol. The highest BCUT2D eigenvalue weighted by molar-refractivity contribution is 9.10. The molecule has 2 aromatic carbocycles. The second kappa shape index (κ2) is 5.88. The lowest BCUT2D eigenvalue weighted by molar-refractivity contribution is 0.542. The number of halogens is 4. The molecule has 0 unspecified atom stereocenters. The quantitative estimate of drug-likeness (QED) is 0.640. The van der Waals surface area contributed by atoms with E-state index in [1.54, 1.807) is 6.07 Å². The molecule has 2 aromatic rings. The maximum atomic E-state index is 13.6. The molecule has 19 heavy (non-hydrogen) atoms. The molecule has 1 nitrogen and oxygen atoms in total. The molecular weight excluding hydrogens is 339 g/mol. The molecule has 2 N–H and O–H groups in total. The van der Waals surface area contributed by atoms with Gasteiger partial charge in [-0.05, 0) is 35.9 Å². The van der Waals surface area contributed by atoms with Crippen molar-refractivity contribution in [1.29, 1.82) is 0 Å². The van der Waals surface area contributed by atoms with Crippen LogP contribution in [0.3, 0.4) is 0 Å². The zero-order valence-corrected chi connectivity index (χ0v) is 12.0. The molecule has 6 heteroatoms. The maximum Gasteiger partial charge on any atom is 0.141 e. The van der Waals surface area contributed by atoms with Gasteiger partial charge in [0.1, 0.15) is 17.5 Å². The molecule has 0 aromatic heterocycles. The molecule has 0 fully saturated rings. The highest BCUT2D eigenvalue weighted by Gasteiger charge is 2.12. The molecule has 0 saturated heterocycles. The van der Waals surface area contributed by atoms with Gasteiger partial charge in [0.05, 0.1) is 4.90 Å². The molecule has 0 bridgehead atoms. The summed E-state index contributed by atoms with van der Waals surface area (Å²) in [6, 6.07) is 6.31. The van der Waals surface area contributed by atoms with Crippen LogP contribution in [-0.2, 0) is 5.75 Å². The van der Waals surface area contributed by atoms with E-state index in [0.717, 1.165) is 23.9 Å². The van der Waals surface area contributed by atoms with Gasteiger partial charge in [-0.15, -0.1) is 11.8 Å². The Hall–Kier alpha value is -1.14. The van der Waals surface area contributed by atoms with Gasteiger partial charge in [0.2, 0.25) is 0 Å². The Balaban J connectivity index is 2.21. The molecule has 0 aliphatic heterocycles. The molecule has 2 rings (SSSR count). The number of hydrogen-bond donors (Lipinski definition) is 1. The van der Waals surface area contributed by atoms with Gasteiger partial charge in [-0.25, -0.2) is 13.2 Å². The summed E-state index contributed by atoms with van der Waals surface area (Å²) < 4.78 is 40.9. The molecule has 0 spiro atoms. The van der Waals surface area contributed by atoms with Gasteiger partial charge in [-0.2, -0.15) is 0 Å². The molecule has 0 aliphatic carbocycles. The van der Waals surface area contributed by atoms with Gasteiger partial charge >= 0.3 is 0 Å². The fourth-order valence-corrected chi connectivity index (χ4v) is 3.03. The average Bonchev–Trinajstić information content (AvgIpc) is 2.32. The van der Waals surface area contributed by atoms with Crippen LogP contribution in [0, 0.1) is 17.5 Å². The Morgan fingerprint density at radius 2 is 1.68 bits per heavy atom. The van der Waals surface area contributed by atoms with Crippen molar-refractivity contribution in [3.8, 4) is 0 Å². The summed E-state index contributed by atoms with van der Waals surface area (Å²) >= 11 is 4.22. The minimum Gasteiger partial charge on any atom is -0.399 e. The molecule has 0 amide bonds. The lowest BCUT2D eigenvalue weighted by Crippen LogP contribution is -1.94. The minimum absolute atomic E-state index is 0.0336. The third-order valence-corrected chi connectivity index (χ3v) is 4.31. The third-order valence-electron chi connectivity index (χ3n) is 2.40. The van der Waals surface area contributed by atoms with Crippen molar-refractivity contribution < 1.29 is 13.2 Å². The normalized spacial score (nSPS) is 10.7. The van der Waals surface area contributed by atoms with E-state index in [1.807, 2.05) is 0 Å². The second-order valence-electron chi connectivity index (χ2n) is 3.84. The van der Waals surface area contributed by atoms with Crippen LogP contribution >= 0.6 is 27.7 Å². The molecule has 100 valence electrons. The number of thioether (sulfide) groups is 1. The fraction of sp³-hybridized carbons (Fsp3) is 0.0769. The van der Waals surface area contributed by atoms with Crippen LogP contribution in [0.2, 0.25) is 0 Å². The van der Waals surface area contributed by atoms with Gasteiger partial charge in [0, 0.05) is 15.9 Å². The lowest BCUT2D eigenvalue weighted by atomic mass is 10.2. The molecule has 0 aliphatic rings. The van der Waals surface area contributed by atoms with Gasteiger partial charge in [-0.3, -0.25) is 0 Å². The summed E-state index contributed by atoms with van der Waals surface area (Å²) in [6.45, 7) is 0. The standard InChI is InChI=1S/C13H9BrF3NS/c14-10-2-1-8(15)3-7(10)6-19-13-11(16)4-9(18)5-12(13)17/h1-5H,6,18H2. The molecule has 0 atom stereocenters. The zero-order chi connectivity index (χ0) is 14.0. The number of nitrogen functional groups attached to an aromatic ring is 1. The van der Waals surface area contributed by atoms with Crippen LogP contribution < -0.4 is 5.73 Å². The Kier molecular flexibility index (Phi) is 4.42. The van der Waals surface area contributed by atoms with E-state index in [2.05, 4.69) is 15.9 Å². The van der Waals surface area contributed by atoms with E-state index in [1.165, 1.54) is 12.1 Å². The van der Waals surface area contributed by atoms with E-state index < -0.39 is 17.5 Å². The summed E-state index contributed by atoms with van der Waals surface area (Å²) in [5.41, 5.74) is 5.99. The molecule has 0 saturated carbocycles. The maximum absolute atomic E-state index is 13.6. The van der Waals surface area contributed by atoms with Crippen molar-refractivity contribution >= 4 is 33.4 Å². The number of benzene rings is 2. The first-order valence-corrected chi connectivity index (χ1v) is 7.06. The highest BCUT2D eigenvalue weighted by atomic mass is 79.9. The first-order chi connectivity index (χ1) is 8.97. The fourth-order valence-electron chi connectivity index (χ4n) is 1.52. The number of hydrogen-bond acceptors (Lipinski definition) is 2. The summed E-state index contributed by atoms with van der Waals surface area (Å²) in [6.07, 6.45) is 0. The Labute approximate surface area is 121 Å². The summed E-state index contributed by atoms with van der Waals surface area (Å²) in [5, 5.41) is 0. The van der Waals surface area contributed by atoms with Crippen LogP contribution in [-0.4, -0.2) is 0 Å². The van der Waals surface area contributed by atoms with Crippen molar-refractivity contribution in [2.45, 2.75) is 10.6 Å². The second-order valence-corrected chi connectivity index (χ2v) is 5.68. The van der Waals surface area contributed by atoms with Crippen molar-refractivity contribution in [3.05, 3.63) is 57.8 Å². The monoisotopic (exact) mass is 347 g/mol. The molecular formula is C13H9BrF3NS. The number of anilines is 1. The number of rotatable bonds is 3. The van der Waals surface area contributed by atoms with Crippen LogP contribution in [0.4, 0.5) is 18.9 Å². The SMILES string of the molecule is Nc1cc(F)c(SCc2cc(F)ccc2Br)c(F)c1. The zero-order valence-electron chi connectivity index (χ0n) is 9.59. The largest absolute Gasteiger partial charge is 0.399 e. The highest BCUT2D eigenvalue weighted by Crippen LogP contribution is 2.32. The Morgan fingerprint density at radius 3 is 2.32 bits per heavy atom. The average molecular weight is 348 g/mol. The van der Waals surface area contributed by atoms with Gasteiger partial charge in [0.25, 0.3) is 0 Å². The topological polar surface area (TPSA) is 26.0 Å². The Bertz CT molecular complexity index is 596. The van der Waals surface area contributed by atoms with Gasteiger partial charge in [-0.1, -0.05) is 15.9 Å². The van der Waals surface area contributed by atoms with Crippen LogP contribution in [0.5, 0.6) is 0 Å². The predicted octanol–water partition coefficient (Wildman–Crippen LogP) is 4.74. The van der Waals surface area contributed by atoms with E-state index in [0.29, 0.717) is 10.0 Å². The lowest BCUT2D eigenvalue weighted by Gasteiger charge is -2.07. The van der Waals surface area contributed by atoms with Crippen molar-refractivity contribution in [3.63, 3.8) is 0 Å². The van der Waals surface area contributed by atoms with Crippen molar-refractivity contribution in [2.75, 3.05) is 5.73 Å². The van der Waals surface area contributed by atoms with Crippen molar-refractivity contribution in [1.82, 2.24) is 0 Å². The first kappa shape index (κ1) is 14.3. The summed E-state index contributed by atoms with van der Waals surface area (Å²) in [4.78, 5) is -0.120. The van der Waals surface area contributed by atoms with E-state index in [9.17, 15) is 13.2 Å². The van der Waals surface area contributed by atoms with Crippen LogP contribution in [0.25, 0.3) is 0 Å². The van der Waals surface area contributed by atoms with Crippen molar-refractivity contribution in [2.24, 2.45) is 0 Å². The van der Waals surface area contributed by atoms with E-state index in [4.69, 9.17) is 5.73 Å². The van der Waals surface area contributed by atoms with Gasteiger partial charge in [0.15, 0.2) is 0 Å². The first-order valence-electron chi connectivity index (χ1n) is 5.28. The van der Waals surface area contributed by atoms with E-state index in [-0.39, 0.29) is 16.3 Å². The van der Waals surface area contributed by atoms with E-state index >= 15 is 0 Å². The minimum atomic E-state index is -0.713. The summed E-state index contributed by atoms with van der Waals surface area (Å²) in [7, 11) is 0. The Morgan fingerprint density at radius 1 is 1.05 bits per heavy atom. The van der Waals surface area contributed by atoms with Crippen LogP contribution in [0.15, 0.2) is 39.7 Å². The summed E-state index contributed by atoms with van der Waals surface area (Å²) in [5.74, 6) is -1.57. The smallest absolute Gasteiger partial charge is 0.141 e. The molecule has 0 heterocycles.